The standard InChI is InChI=1S/C37H65NO7/c1-6-8-10-12-14-16-17-18-20-22-24-26-28-36(40)45-33(31-43-30-29-34(37(41)42)38(3,4)5)32-44-35(39)27-25-23-21-19-15-13-11-9-7-2/h9,11,14-16,19,33-34H,6-8,10,12-13,17-18,20-32H2,1-5H3/p+1/b11-9+,16-14+,19-15+. The Labute approximate surface area is 274 Å². The lowest BCUT2D eigenvalue weighted by Crippen LogP contribution is -2.50. The van der Waals surface area contributed by atoms with Crippen molar-refractivity contribution < 1.29 is 38.2 Å². The van der Waals surface area contributed by atoms with E-state index in [0.29, 0.717) is 19.3 Å². The van der Waals surface area contributed by atoms with Crippen molar-refractivity contribution in [1.82, 2.24) is 0 Å². The second kappa shape index (κ2) is 29.0. The van der Waals surface area contributed by atoms with Gasteiger partial charge in [0.25, 0.3) is 0 Å². The van der Waals surface area contributed by atoms with Crippen molar-refractivity contribution >= 4 is 17.9 Å². The molecular formula is C37H66NO7+. The Morgan fingerprint density at radius 1 is 0.689 bits per heavy atom. The zero-order valence-corrected chi connectivity index (χ0v) is 29.3. The van der Waals surface area contributed by atoms with E-state index in [4.69, 9.17) is 14.2 Å². The van der Waals surface area contributed by atoms with Crippen LogP contribution < -0.4 is 0 Å². The molecule has 0 amide bonds. The van der Waals surface area contributed by atoms with Crippen LogP contribution in [0, 0.1) is 0 Å². The van der Waals surface area contributed by atoms with Crippen LogP contribution in [-0.4, -0.2) is 80.6 Å². The number of likely N-dealkylation sites (N-methyl/N-ethyl adjacent to an activating group) is 1. The van der Waals surface area contributed by atoms with Crippen molar-refractivity contribution in [2.75, 3.05) is 41.0 Å². The van der Waals surface area contributed by atoms with Gasteiger partial charge in [0, 0.05) is 19.3 Å². The number of carbonyl (C=O) groups is 3. The van der Waals surface area contributed by atoms with E-state index in [1.165, 1.54) is 32.1 Å². The summed E-state index contributed by atoms with van der Waals surface area (Å²) >= 11 is 0. The van der Waals surface area contributed by atoms with Crippen molar-refractivity contribution in [1.29, 1.82) is 0 Å². The fraction of sp³-hybridized carbons (Fsp3) is 0.757. The van der Waals surface area contributed by atoms with Crippen molar-refractivity contribution in [2.24, 2.45) is 0 Å². The smallest absolute Gasteiger partial charge is 0.362 e. The number of rotatable bonds is 30. The van der Waals surface area contributed by atoms with Crippen molar-refractivity contribution in [3.63, 3.8) is 0 Å². The largest absolute Gasteiger partial charge is 0.477 e. The SMILES string of the molecule is CC/C=C/C/C=C/CCCCC(=O)OCC(COCCC(C(=O)O)[N+](C)(C)C)OC(=O)CCCCCCC/C=C/CCCCC. The van der Waals surface area contributed by atoms with Gasteiger partial charge in [-0.05, 0) is 64.2 Å². The molecule has 0 saturated carbocycles. The number of aliphatic carboxylic acids is 1. The van der Waals surface area contributed by atoms with Gasteiger partial charge in [-0.3, -0.25) is 9.59 Å². The molecule has 0 aromatic rings. The molecular weight excluding hydrogens is 570 g/mol. The summed E-state index contributed by atoms with van der Waals surface area (Å²) in [6.45, 7) is 4.51. The van der Waals surface area contributed by atoms with Crippen LogP contribution in [0.4, 0.5) is 0 Å². The molecule has 45 heavy (non-hydrogen) atoms. The number of hydrogen-bond donors (Lipinski definition) is 1. The van der Waals surface area contributed by atoms with Crippen LogP contribution in [0.5, 0.6) is 0 Å². The van der Waals surface area contributed by atoms with Crippen LogP contribution in [0.15, 0.2) is 36.5 Å². The Hall–Kier alpha value is -2.45. The molecule has 2 unspecified atom stereocenters. The average Bonchev–Trinajstić information content (AvgIpc) is 2.98. The van der Waals surface area contributed by atoms with Crippen molar-refractivity contribution in [3.8, 4) is 0 Å². The van der Waals surface area contributed by atoms with Crippen molar-refractivity contribution in [3.05, 3.63) is 36.5 Å². The first-order chi connectivity index (χ1) is 21.6. The van der Waals surface area contributed by atoms with Gasteiger partial charge in [-0.25, -0.2) is 4.79 Å². The van der Waals surface area contributed by atoms with Crippen molar-refractivity contribution in [2.45, 2.75) is 142 Å². The molecule has 0 fully saturated rings. The second-order valence-electron chi connectivity index (χ2n) is 12.7. The molecule has 8 nitrogen and oxygen atoms in total. The number of ether oxygens (including phenoxy) is 3. The molecule has 1 N–H and O–H groups in total. The fourth-order valence-electron chi connectivity index (χ4n) is 4.77. The van der Waals surface area contributed by atoms with Crippen LogP contribution in [0.25, 0.3) is 0 Å². The number of carbonyl (C=O) groups excluding carboxylic acids is 2. The van der Waals surface area contributed by atoms with Gasteiger partial charge in [-0.2, -0.15) is 0 Å². The minimum atomic E-state index is -0.884. The summed E-state index contributed by atoms with van der Waals surface area (Å²) in [6.07, 6.45) is 29.1. The Morgan fingerprint density at radius 2 is 1.24 bits per heavy atom. The third-order valence-electron chi connectivity index (χ3n) is 7.52. The summed E-state index contributed by atoms with van der Waals surface area (Å²) < 4.78 is 17.1. The van der Waals surface area contributed by atoms with Gasteiger partial charge in [-0.15, -0.1) is 0 Å². The molecule has 0 spiro atoms. The topological polar surface area (TPSA) is 99.1 Å². The third-order valence-corrected chi connectivity index (χ3v) is 7.52. The van der Waals surface area contributed by atoms with Crippen LogP contribution in [0.1, 0.15) is 129 Å². The Kier molecular flexibility index (Phi) is 27.4. The van der Waals surface area contributed by atoms with Crippen LogP contribution >= 0.6 is 0 Å². The first kappa shape index (κ1) is 42.6. The number of quaternary nitrogens is 1. The zero-order valence-electron chi connectivity index (χ0n) is 29.3. The van der Waals surface area contributed by atoms with Crippen LogP contribution in [-0.2, 0) is 28.6 Å². The normalized spacial score (nSPS) is 13.5. The van der Waals surface area contributed by atoms with E-state index in [2.05, 4.69) is 50.3 Å². The summed E-state index contributed by atoms with van der Waals surface area (Å²) in [5.74, 6) is -1.53. The van der Waals surface area contributed by atoms with Crippen LogP contribution in [0.2, 0.25) is 0 Å². The highest BCUT2D eigenvalue weighted by molar-refractivity contribution is 5.72. The molecule has 0 heterocycles. The molecule has 0 aliphatic heterocycles. The number of hydrogen-bond acceptors (Lipinski definition) is 6. The molecule has 0 bridgehead atoms. The molecule has 0 rings (SSSR count). The summed E-state index contributed by atoms with van der Waals surface area (Å²) in [6, 6.07) is -0.617. The lowest BCUT2D eigenvalue weighted by atomic mass is 10.1. The molecule has 0 aromatic carbocycles. The van der Waals surface area contributed by atoms with Gasteiger partial charge >= 0.3 is 17.9 Å². The fourth-order valence-corrected chi connectivity index (χ4v) is 4.77. The number of esters is 2. The van der Waals surface area contributed by atoms with Gasteiger partial charge in [-0.1, -0.05) is 82.4 Å². The number of carboxylic acid groups (broad SMARTS) is 1. The zero-order chi connectivity index (χ0) is 33.6. The lowest BCUT2D eigenvalue weighted by molar-refractivity contribution is -0.887. The summed E-state index contributed by atoms with van der Waals surface area (Å²) in [7, 11) is 5.49. The van der Waals surface area contributed by atoms with Gasteiger partial charge in [0.05, 0.1) is 34.4 Å². The maximum atomic E-state index is 12.6. The average molecular weight is 637 g/mol. The van der Waals surface area contributed by atoms with E-state index in [1.807, 2.05) is 21.1 Å². The van der Waals surface area contributed by atoms with Gasteiger partial charge < -0.3 is 23.8 Å². The quantitative estimate of drug-likeness (QED) is 0.0366. The first-order valence-corrected chi connectivity index (χ1v) is 17.5. The minimum absolute atomic E-state index is 0.0474. The highest BCUT2D eigenvalue weighted by Crippen LogP contribution is 2.12. The van der Waals surface area contributed by atoms with Gasteiger partial charge in [0.15, 0.2) is 12.1 Å². The molecule has 0 aliphatic carbocycles. The maximum Gasteiger partial charge on any atom is 0.362 e. The van der Waals surface area contributed by atoms with E-state index in [9.17, 15) is 19.5 Å². The minimum Gasteiger partial charge on any atom is -0.477 e. The number of unbranched alkanes of at least 4 members (excludes halogenated alkanes) is 10. The molecule has 0 aromatic heterocycles. The number of nitrogens with zero attached hydrogens (tertiary/aromatic N) is 1. The van der Waals surface area contributed by atoms with Gasteiger partial charge in [0.1, 0.15) is 6.61 Å². The number of allylic oxidation sites excluding steroid dienone is 6. The van der Waals surface area contributed by atoms with E-state index in [-0.39, 0.29) is 36.2 Å². The molecule has 0 aliphatic rings. The highest BCUT2D eigenvalue weighted by Gasteiger charge is 2.31. The molecule has 260 valence electrons. The number of carboxylic acids is 1. The molecule has 0 saturated heterocycles. The lowest BCUT2D eigenvalue weighted by Gasteiger charge is -2.31. The second-order valence-corrected chi connectivity index (χ2v) is 12.7. The highest BCUT2D eigenvalue weighted by atomic mass is 16.6. The predicted octanol–water partition coefficient (Wildman–Crippen LogP) is 8.35. The van der Waals surface area contributed by atoms with E-state index in [1.54, 1.807) is 0 Å². The molecule has 8 heteroatoms. The Balaban J connectivity index is 4.52. The summed E-state index contributed by atoms with van der Waals surface area (Å²) in [4.78, 5) is 36.6. The molecule has 0 radical (unpaired) electrons. The van der Waals surface area contributed by atoms with E-state index >= 15 is 0 Å². The summed E-state index contributed by atoms with van der Waals surface area (Å²) in [5.41, 5.74) is 0. The Morgan fingerprint density at radius 3 is 1.89 bits per heavy atom. The first-order valence-electron chi connectivity index (χ1n) is 17.5. The maximum absolute atomic E-state index is 12.6. The summed E-state index contributed by atoms with van der Waals surface area (Å²) in [5, 5.41) is 9.55. The third kappa shape index (κ3) is 27.6. The van der Waals surface area contributed by atoms with E-state index in [0.717, 1.165) is 64.2 Å². The van der Waals surface area contributed by atoms with Gasteiger partial charge in [0.2, 0.25) is 0 Å². The van der Waals surface area contributed by atoms with Crippen LogP contribution in [0.3, 0.4) is 0 Å². The Bertz CT molecular complexity index is 844. The predicted molar refractivity (Wildman–Crippen MR) is 183 cm³/mol. The van der Waals surface area contributed by atoms with E-state index < -0.39 is 18.1 Å². The molecule has 2 atom stereocenters. The monoisotopic (exact) mass is 636 g/mol.